The van der Waals surface area contributed by atoms with Crippen molar-refractivity contribution in [3.63, 3.8) is 0 Å². The molecule has 0 aliphatic heterocycles. The molecule has 0 saturated heterocycles. The Kier molecular flexibility index (Phi) is 3.80. The number of nitrogens with zero attached hydrogens (tertiary/aromatic N) is 3. The molecule has 0 N–H and O–H groups in total. The van der Waals surface area contributed by atoms with Crippen molar-refractivity contribution in [2.75, 3.05) is 0 Å². The van der Waals surface area contributed by atoms with Gasteiger partial charge in [-0.25, -0.2) is 4.98 Å². The summed E-state index contributed by atoms with van der Waals surface area (Å²) in [5, 5.41) is 9.32. The molecule has 1 aromatic heterocycles. The molecule has 0 aliphatic carbocycles. The molecule has 2 aromatic carbocycles. The number of carbonyl (C=O) groups excluding carboxylic acids is 1. The van der Waals surface area contributed by atoms with Crippen LogP contribution in [0.4, 0.5) is 0 Å². The Labute approximate surface area is 128 Å². The lowest BCUT2D eigenvalue weighted by Gasteiger charge is -2.14. The van der Waals surface area contributed by atoms with Gasteiger partial charge in [-0.1, -0.05) is 36.4 Å². The lowest BCUT2D eigenvalue weighted by Crippen LogP contribution is -2.10. The maximum absolute atomic E-state index is 11.5. The van der Waals surface area contributed by atoms with Gasteiger partial charge < -0.3 is 9.36 Å². The third kappa shape index (κ3) is 2.52. The second kappa shape index (κ2) is 6.06. The highest BCUT2D eigenvalue weighted by atomic mass is 16.1. The first kappa shape index (κ1) is 13.8. The van der Waals surface area contributed by atoms with E-state index in [1.165, 1.54) is 0 Å². The lowest BCUT2D eigenvalue weighted by atomic mass is 9.95. The maximum atomic E-state index is 11.5. The minimum Gasteiger partial charge on any atom is -0.323 e. The van der Waals surface area contributed by atoms with Crippen LogP contribution in [-0.4, -0.2) is 15.8 Å². The molecule has 22 heavy (non-hydrogen) atoms. The number of aromatic nitrogens is 2. The summed E-state index contributed by atoms with van der Waals surface area (Å²) in [6.45, 7) is 0. The van der Waals surface area contributed by atoms with E-state index < -0.39 is 6.04 Å². The van der Waals surface area contributed by atoms with Crippen LogP contribution in [0.5, 0.6) is 0 Å². The van der Waals surface area contributed by atoms with Crippen molar-refractivity contribution in [3.8, 4) is 17.2 Å². The number of rotatable bonds is 4. The highest BCUT2D eigenvalue weighted by Crippen LogP contribution is 2.27. The lowest BCUT2D eigenvalue weighted by molar-refractivity contribution is -0.109. The minimum atomic E-state index is -0.447. The topological polar surface area (TPSA) is 58.7 Å². The number of hydrogen-bond acceptors (Lipinski definition) is 3. The van der Waals surface area contributed by atoms with Crippen molar-refractivity contribution in [2.24, 2.45) is 0 Å². The van der Waals surface area contributed by atoms with Crippen LogP contribution < -0.4 is 0 Å². The van der Waals surface area contributed by atoms with Crippen molar-refractivity contribution < 1.29 is 4.79 Å². The third-order valence-electron chi connectivity index (χ3n) is 3.57. The van der Waals surface area contributed by atoms with E-state index in [1.807, 2.05) is 42.5 Å². The smallest absolute Gasteiger partial charge is 0.147 e. The summed E-state index contributed by atoms with van der Waals surface area (Å²) in [4.78, 5) is 15.5. The van der Waals surface area contributed by atoms with E-state index in [1.54, 1.807) is 29.4 Å². The van der Waals surface area contributed by atoms with Gasteiger partial charge in [0.1, 0.15) is 12.3 Å². The van der Waals surface area contributed by atoms with Crippen molar-refractivity contribution >= 4 is 6.29 Å². The van der Waals surface area contributed by atoms with Gasteiger partial charge in [0.05, 0.1) is 18.0 Å². The summed E-state index contributed by atoms with van der Waals surface area (Å²) in [7, 11) is 0. The highest BCUT2D eigenvalue weighted by Gasteiger charge is 2.15. The van der Waals surface area contributed by atoms with Crippen LogP contribution in [0.25, 0.3) is 11.1 Å². The summed E-state index contributed by atoms with van der Waals surface area (Å²) in [5.74, 6) is 0. The number of hydrogen-bond donors (Lipinski definition) is 0. The van der Waals surface area contributed by atoms with E-state index >= 15 is 0 Å². The summed E-state index contributed by atoms with van der Waals surface area (Å²) in [6, 6.07) is 16.9. The first-order valence-corrected chi connectivity index (χ1v) is 6.85. The van der Waals surface area contributed by atoms with E-state index in [4.69, 9.17) is 0 Å². The molecule has 0 bridgehead atoms. The van der Waals surface area contributed by atoms with Crippen LogP contribution >= 0.6 is 0 Å². The second-order valence-corrected chi connectivity index (χ2v) is 4.87. The second-order valence-electron chi connectivity index (χ2n) is 4.87. The Morgan fingerprint density at radius 3 is 2.64 bits per heavy atom. The van der Waals surface area contributed by atoms with Gasteiger partial charge in [0, 0.05) is 12.4 Å². The molecule has 3 rings (SSSR count). The van der Waals surface area contributed by atoms with Crippen LogP contribution in [-0.2, 0) is 4.79 Å². The van der Waals surface area contributed by atoms with E-state index in [0.717, 1.165) is 23.0 Å². The first-order chi connectivity index (χ1) is 10.8. The normalized spacial score (nSPS) is 11.6. The van der Waals surface area contributed by atoms with Crippen molar-refractivity contribution in [1.82, 2.24) is 9.55 Å². The molecule has 0 spiro atoms. The molecule has 3 aromatic rings. The fourth-order valence-corrected chi connectivity index (χ4v) is 2.45. The molecular formula is C18H13N3O. The van der Waals surface area contributed by atoms with Gasteiger partial charge >= 0.3 is 0 Å². The number of benzene rings is 2. The molecule has 1 unspecified atom stereocenters. The SMILES string of the molecule is N#Cc1ccc(C(C=O)n2ccnc2)cc1-c1ccccc1. The minimum absolute atomic E-state index is 0.447. The van der Waals surface area contributed by atoms with Gasteiger partial charge in [0.25, 0.3) is 0 Å². The first-order valence-electron chi connectivity index (χ1n) is 6.85. The zero-order chi connectivity index (χ0) is 15.4. The monoisotopic (exact) mass is 287 g/mol. The standard InChI is InChI=1S/C18H13N3O/c19-11-16-7-6-15(18(12-22)21-9-8-20-13-21)10-17(16)14-4-2-1-3-5-14/h1-10,12-13,18H. The number of nitriles is 1. The zero-order valence-electron chi connectivity index (χ0n) is 11.8. The number of aldehydes is 1. The molecule has 0 fully saturated rings. The maximum Gasteiger partial charge on any atom is 0.147 e. The van der Waals surface area contributed by atoms with Crippen molar-refractivity contribution in [3.05, 3.63) is 78.4 Å². The Hall–Kier alpha value is -3.19. The summed E-state index contributed by atoms with van der Waals surface area (Å²) in [5.41, 5.74) is 3.19. The molecule has 4 heteroatoms. The predicted molar refractivity (Wildman–Crippen MR) is 83.0 cm³/mol. The number of carbonyl (C=O) groups is 1. The summed E-state index contributed by atoms with van der Waals surface area (Å²) in [6.07, 6.45) is 5.87. The number of imidazole rings is 1. The van der Waals surface area contributed by atoms with Gasteiger partial charge in [-0.05, 0) is 28.8 Å². The quantitative estimate of drug-likeness (QED) is 0.692. The van der Waals surface area contributed by atoms with Crippen LogP contribution in [0.2, 0.25) is 0 Å². The fraction of sp³-hybridized carbons (Fsp3) is 0.0556. The predicted octanol–water partition coefficient (Wildman–Crippen LogP) is 3.21. The van der Waals surface area contributed by atoms with Gasteiger partial charge in [-0.3, -0.25) is 0 Å². The van der Waals surface area contributed by atoms with E-state index in [2.05, 4.69) is 11.1 Å². The van der Waals surface area contributed by atoms with Crippen molar-refractivity contribution in [2.45, 2.75) is 6.04 Å². The third-order valence-corrected chi connectivity index (χ3v) is 3.57. The van der Waals surface area contributed by atoms with Crippen LogP contribution in [0.15, 0.2) is 67.3 Å². The fourth-order valence-electron chi connectivity index (χ4n) is 2.45. The average molecular weight is 287 g/mol. The van der Waals surface area contributed by atoms with Crippen LogP contribution in [0, 0.1) is 11.3 Å². The van der Waals surface area contributed by atoms with Gasteiger partial charge in [0.15, 0.2) is 0 Å². The Balaban J connectivity index is 2.12. The van der Waals surface area contributed by atoms with Gasteiger partial charge in [-0.2, -0.15) is 5.26 Å². The molecule has 4 nitrogen and oxygen atoms in total. The zero-order valence-corrected chi connectivity index (χ0v) is 11.8. The Morgan fingerprint density at radius 1 is 1.18 bits per heavy atom. The molecule has 1 atom stereocenters. The van der Waals surface area contributed by atoms with E-state index in [0.29, 0.717) is 5.56 Å². The largest absolute Gasteiger partial charge is 0.323 e. The Morgan fingerprint density at radius 2 is 2.00 bits per heavy atom. The van der Waals surface area contributed by atoms with Gasteiger partial charge in [0.2, 0.25) is 0 Å². The molecular weight excluding hydrogens is 274 g/mol. The molecule has 0 radical (unpaired) electrons. The van der Waals surface area contributed by atoms with E-state index in [9.17, 15) is 10.1 Å². The molecule has 0 saturated carbocycles. The van der Waals surface area contributed by atoms with E-state index in [-0.39, 0.29) is 0 Å². The van der Waals surface area contributed by atoms with Gasteiger partial charge in [-0.15, -0.1) is 0 Å². The van der Waals surface area contributed by atoms with Crippen LogP contribution in [0.1, 0.15) is 17.2 Å². The summed E-state index contributed by atoms with van der Waals surface area (Å²) < 4.78 is 1.74. The Bertz CT molecular complexity index is 817. The molecule has 0 amide bonds. The summed E-state index contributed by atoms with van der Waals surface area (Å²) >= 11 is 0. The molecule has 106 valence electrons. The molecule has 1 heterocycles. The average Bonchev–Trinajstić information content (AvgIpc) is 3.10. The molecule has 0 aliphatic rings. The van der Waals surface area contributed by atoms with Crippen LogP contribution in [0.3, 0.4) is 0 Å². The highest BCUT2D eigenvalue weighted by molar-refractivity contribution is 5.73. The van der Waals surface area contributed by atoms with Crippen molar-refractivity contribution in [1.29, 1.82) is 5.26 Å².